The van der Waals surface area contributed by atoms with Crippen molar-refractivity contribution in [3.05, 3.63) is 348 Å². The van der Waals surface area contributed by atoms with Gasteiger partial charge in [-0.1, -0.05) is 137 Å². The van der Waals surface area contributed by atoms with Gasteiger partial charge in [-0.15, -0.1) is 108 Å². The Bertz CT molecular complexity index is 4960. The zero-order chi connectivity index (χ0) is 78.5. The molecule has 6 heterocycles. The minimum atomic E-state index is -6.09. The molecule has 1 saturated heterocycles. The Morgan fingerprint density at radius 1 is 0.427 bits per heavy atom. The Balaban J connectivity index is 0.000000274. The largest absolute Gasteiger partial charge is 0.741 e. The van der Waals surface area contributed by atoms with Gasteiger partial charge in [0.25, 0.3) is 0 Å². The van der Waals surface area contributed by atoms with E-state index < -0.39 is 15.6 Å². The van der Waals surface area contributed by atoms with Crippen molar-refractivity contribution >= 4 is 38.6 Å². The van der Waals surface area contributed by atoms with Gasteiger partial charge in [-0.25, -0.2) is 8.42 Å². The summed E-state index contributed by atoms with van der Waals surface area (Å²) in [5.41, 5.74) is 12.9. The summed E-state index contributed by atoms with van der Waals surface area (Å²) < 4.78 is 72.0. The van der Waals surface area contributed by atoms with E-state index in [9.17, 15) is 13.2 Å². The van der Waals surface area contributed by atoms with E-state index in [0.29, 0.717) is 16.7 Å². The van der Waals surface area contributed by atoms with E-state index in [1.54, 1.807) is 30.6 Å². The van der Waals surface area contributed by atoms with Gasteiger partial charge in [0, 0.05) is 100 Å². The maximum atomic E-state index is 10.7. The third-order valence-electron chi connectivity index (χ3n) is 15.6. The van der Waals surface area contributed by atoms with Crippen molar-refractivity contribution in [2.24, 2.45) is 0 Å². The first kappa shape index (κ1) is 91.7. The zero-order valence-electron chi connectivity index (χ0n) is 61.0. The summed E-state index contributed by atoms with van der Waals surface area (Å²) in [5.74, 6) is 0. The van der Waals surface area contributed by atoms with Gasteiger partial charge in [-0.2, -0.15) is 29.0 Å². The zero-order valence-corrected chi connectivity index (χ0v) is 68.2. The molecule has 0 atom stereocenters. The van der Waals surface area contributed by atoms with E-state index >= 15 is 0 Å². The number of pyridine rings is 5. The molecule has 14 rings (SSSR count). The molecule has 1 aliphatic rings. The summed E-state index contributed by atoms with van der Waals surface area (Å²) in [6.45, 7) is 12.2. The van der Waals surface area contributed by atoms with Crippen LogP contribution >= 0.6 is 15.9 Å². The molecule has 5 aromatic heterocycles. The number of aliphatic hydroxyl groups is 2. The van der Waals surface area contributed by atoms with E-state index in [1.165, 1.54) is 0 Å². The number of hydrogen-bond donors (Lipinski definition) is 2. The van der Waals surface area contributed by atoms with Crippen LogP contribution in [0.15, 0.2) is 302 Å². The van der Waals surface area contributed by atoms with Crippen LogP contribution in [0.5, 0.6) is 0 Å². The second-order valence-electron chi connectivity index (χ2n) is 23.7. The van der Waals surface area contributed by atoms with Gasteiger partial charge in [-0.3, -0.25) is 9.97 Å². The average Bonchev–Trinajstić information content (AvgIpc) is 1.62. The topological polar surface area (TPSA) is 252 Å². The Morgan fingerprint density at radius 3 is 1.12 bits per heavy atom. The number of aromatic nitrogens is 5. The van der Waals surface area contributed by atoms with Gasteiger partial charge >= 0.3 is 12.6 Å². The van der Waals surface area contributed by atoms with Gasteiger partial charge in [0.15, 0.2) is 10.1 Å². The Kier molecular flexibility index (Phi) is 38.9. The van der Waals surface area contributed by atoms with Crippen LogP contribution in [0.25, 0.3) is 78.5 Å². The molecule has 564 valence electrons. The van der Waals surface area contributed by atoms with Crippen molar-refractivity contribution in [1.82, 2.24) is 24.9 Å². The van der Waals surface area contributed by atoms with Gasteiger partial charge in [0.2, 0.25) is 0 Å². The molecule has 0 unspecified atom stereocenters. The Hall–Kier alpha value is -10.6. The molecular weight excluding hydrogens is 1830 g/mol. The molecule has 0 bridgehead atoms. The SMILES string of the molecule is CC1(C)OB(c2ccnc(-c3ccccc3)c2)OC1(C)C.CO.CO.Cc1cccc(-c2[c-]cccc2)n1.Cc1cccc(-c2[c-]cccc2)n1.N#Cc1cccc(-c2ccnc(-c3[c-]cccc3)c2)c1.N#Cc1cccc(-c2ccnc(-c3ccccc3)c2)c1.N#Cc1cccc(Br)c1.O=S(=O)([O-])C(F)(F)F.[Ir].[Ir]. The third kappa shape index (κ3) is 29.4. The molecule has 110 heavy (non-hydrogen) atoms. The number of aryl methyl sites for hydroxylation is 2. The quantitative estimate of drug-likeness (QED) is 0.0621. The van der Waals surface area contributed by atoms with Crippen molar-refractivity contribution in [3.63, 3.8) is 0 Å². The number of nitriles is 3. The van der Waals surface area contributed by atoms with Crippen molar-refractivity contribution in [3.8, 4) is 96.7 Å². The monoisotopic (exact) mass is 1910 g/mol. The van der Waals surface area contributed by atoms with Crippen molar-refractivity contribution < 1.29 is 85.9 Å². The van der Waals surface area contributed by atoms with Crippen molar-refractivity contribution in [1.29, 1.82) is 15.8 Å². The molecule has 8 aromatic carbocycles. The minimum absolute atomic E-state index is 0. The normalized spacial score (nSPS) is 11.5. The van der Waals surface area contributed by atoms with Crippen molar-refractivity contribution in [2.45, 2.75) is 58.3 Å². The standard InChI is InChI=1S/C18H12N2.C18H11N2.C17H20BNO2.2C12H10N.C7H4BrN.CHF3O3S.2CH4O.2Ir/c2*19-13-14-5-4-8-16(11-14)17-9-10-20-18(12-17)15-6-2-1-3-7-15;1-16(2)17(3,4)21-18(20-16)14-10-11-19-15(12-14)13-8-6-5-7-9-13;2*1-10-6-5-9-12(13-10)11-7-3-2-4-8-11;8-7-3-1-2-6(4-7)5-9;2-1(3,4)8(5,6)7;2*1-2;;/h1-12H;1-6,8-12H;5-12H,1-4H3;2*2-7,9H,1H3;1-4H;(H,5,6,7);2*2H,1H3;;/q;-1;;2*-1;;;;;;/p-1. The van der Waals surface area contributed by atoms with E-state index in [0.717, 1.165) is 114 Å². The fraction of sp³-hybridized carbons (Fsp3) is 0.126. The van der Waals surface area contributed by atoms with Crippen LogP contribution in [0.1, 0.15) is 55.8 Å². The molecule has 13 aromatic rings. The predicted octanol–water partition coefficient (Wildman–Crippen LogP) is 18.7. The smallest absolute Gasteiger partial charge is 0.494 e. The second-order valence-corrected chi connectivity index (χ2v) is 26.0. The summed E-state index contributed by atoms with van der Waals surface area (Å²) in [5, 5.41) is 40.3. The van der Waals surface area contributed by atoms with Gasteiger partial charge in [0.1, 0.15) is 0 Å². The molecule has 1 aliphatic heterocycles. The molecule has 0 saturated carbocycles. The first-order valence-corrected chi connectivity index (χ1v) is 35.3. The summed E-state index contributed by atoms with van der Waals surface area (Å²) >= 11 is 3.25. The van der Waals surface area contributed by atoms with E-state index in [4.69, 9.17) is 48.3 Å². The minimum Gasteiger partial charge on any atom is -0.741 e. The summed E-state index contributed by atoms with van der Waals surface area (Å²) in [7, 11) is -4.44. The first-order valence-electron chi connectivity index (χ1n) is 33.1. The van der Waals surface area contributed by atoms with Crippen LogP contribution in [-0.2, 0) is 59.6 Å². The van der Waals surface area contributed by atoms with Crippen LogP contribution in [0.3, 0.4) is 0 Å². The molecule has 2 N–H and O–H groups in total. The molecule has 2 radical (unpaired) electrons. The summed E-state index contributed by atoms with van der Waals surface area (Å²) in [6.07, 6.45) is 5.39. The molecule has 1 fully saturated rings. The van der Waals surface area contributed by atoms with Crippen LogP contribution in [0, 0.1) is 66.0 Å². The van der Waals surface area contributed by atoms with Gasteiger partial charge in [0.05, 0.1) is 57.5 Å². The molecule has 0 amide bonds. The number of benzene rings is 8. The van der Waals surface area contributed by atoms with Crippen LogP contribution < -0.4 is 5.46 Å². The van der Waals surface area contributed by atoms with Gasteiger partial charge < -0.3 is 39.0 Å². The Morgan fingerprint density at radius 2 is 0.755 bits per heavy atom. The summed E-state index contributed by atoms with van der Waals surface area (Å²) in [4.78, 5) is 22.1. The molecule has 0 spiro atoms. The first-order chi connectivity index (χ1) is 51.9. The average molecular weight is 1910 g/mol. The van der Waals surface area contributed by atoms with Crippen LogP contribution in [0.4, 0.5) is 13.2 Å². The fourth-order valence-corrected chi connectivity index (χ4v) is 10.0. The maximum absolute atomic E-state index is 10.7. The van der Waals surface area contributed by atoms with Crippen LogP contribution in [-0.4, -0.2) is 86.2 Å². The van der Waals surface area contributed by atoms with Crippen molar-refractivity contribution in [2.75, 3.05) is 14.2 Å². The molecule has 15 nitrogen and oxygen atoms in total. The number of nitrogens with zero attached hydrogens (tertiary/aromatic N) is 8. The molecule has 23 heteroatoms. The molecular formula is C87H75BBrF3Ir2N8O7S-4. The number of rotatable bonds is 8. The number of aliphatic hydroxyl groups excluding tert-OH is 2. The number of alkyl halides is 3. The third-order valence-corrected chi connectivity index (χ3v) is 16.6. The number of halogens is 4. The van der Waals surface area contributed by atoms with E-state index in [-0.39, 0.29) is 58.5 Å². The second kappa shape index (κ2) is 46.7. The van der Waals surface area contributed by atoms with Gasteiger partial charge in [-0.05, 0) is 171 Å². The van der Waals surface area contributed by atoms with E-state index in [2.05, 4.69) is 111 Å². The maximum Gasteiger partial charge on any atom is 0.494 e. The number of hydrogen-bond acceptors (Lipinski definition) is 15. The molecule has 0 aliphatic carbocycles. The summed E-state index contributed by atoms with van der Waals surface area (Å²) in [6, 6.07) is 106. The predicted molar refractivity (Wildman–Crippen MR) is 421 cm³/mol. The fourth-order valence-electron chi connectivity index (χ4n) is 9.61. The van der Waals surface area contributed by atoms with Crippen LogP contribution in [0.2, 0.25) is 0 Å². The van der Waals surface area contributed by atoms with E-state index in [1.807, 2.05) is 275 Å². The Labute approximate surface area is 677 Å².